The number of carbonyl (C=O) groups excluding carboxylic acids is 4. The van der Waals surface area contributed by atoms with Crippen molar-refractivity contribution < 1.29 is 29.0 Å². The van der Waals surface area contributed by atoms with Crippen LogP contribution in [0.2, 0.25) is 0 Å². The van der Waals surface area contributed by atoms with E-state index in [1.54, 1.807) is 59.7 Å². The summed E-state index contributed by atoms with van der Waals surface area (Å²) in [5.74, 6) is -2.22. The van der Waals surface area contributed by atoms with Crippen LogP contribution in [0.1, 0.15) is 86.3 Å². The standard InChI is InChI=1S/C26H42N4O6/c1-9-12-16(2)28-22(33)21(17-13-10-11-14-19(17)31)30(25(3,4)5)23(34)18(15-20(27)32)29-24(35)36-26(6,7)8/h10-11,13-14,16,18,21,31H,9,12,15H2,1-8H3,(H2,27,32)(H,28,33)(H,29,35). The lowest BCUT2D eigenvalue weighted by Gasteiger charge is -2.43. The maximum absolute atomic E-state index is 14.0. The summed E-state index contributed by atoms with van der Waals surface area (Å²) in [4.78, 5) is 53.2. The molecular weight excluding hydrogens is 464 g/mol. The van der Waals surface area contributed by atoms with Crippen LogP contribution < -0.4 is 16.4 Å². The Morgan fingerprint density at radius 2 is 1.64 bits per heavy atom. The van der Waals surface area contributed by atoms with E-state index in [0.717, 1.165) is 6.42 Å². The minimum Gasteiger partial charge on any atom is -0.508 e. The van der Waals surface area contributed by atoms with Crippen molar-refractivity contribution >= 4 is 23.8 Å². The summed E-state index contributed by atoms with van der Waals surface area (Å²) in [5.41, 5.74) is 3.78. The molecule has 10 heteroatoms. The molecule has 0 fully saturated rings. The summed E-state index contributed by atoms with van der Waals surface area (Å²) < 4.78 is 5.26. The number of primary amides is 1. The zero-order valence-electron chi connectivity index (χ0n) is 22.7. The number of phenols is 1. The van der Waals surface area contributed by atoms with Crippen molar-refractivity contribution in [2.75, 3.05) is 0 Å². The molecule has 10 nitrogen and oxygen atoms in total. The lowest BCUT2D eigenvalue weighted by Crippen LogP contribution is -2.59. The normalized spacial score (nSPS) is 14.2. The Kier molecular flexibility index (Phi) is 10.8. The third-order valence-corrected chi connectivity index (χ3v) is 5.20. The molecule has 0 aromatic heterocycles. The van der Waals surface area contributed by atoms with Crippen LogP contribution in [0, 0.1) is 0 Å². The molecule has 36 heavy (non-hydrogen) atoms. The fraction of sp³-hybridized carbons (Fsp3) is 0.615. The molecule has 3 atom stereocenters. The lowest BCUT2D eigenvalue weighted by molar-refractivity contribution is -0.149. The van der Waals surface area contributed by atoms with Gasteiger partial charge in [0.1, 0.15) is 23.4 Å². The molecule has 4 amide bonds. The van der Waals surface area contributed by atoms with Crippen LogP contribution in [-0.4, -0.2) is 57.0 Å². The fourth-order valence-corrected chi connectivity index (χ4v) is 3.81. The molecule has 0 heterocycles. The van der Waals surface area contributed by atoms with Gasteiger partial charge in [0.05, 0.1) is 6.42 Å². The summed E-state index contributed by atoms with van der Waals surface area (Å²) in [6.07, 6.45) is 0.140. The first kappa shape index (κ1) is 30.7. The highest BCUT2D eigenvalue weighted by Crippen LogP contribution is 2.34. The fourth-order valence-electron chi connectivity index (χ4n) is 3.81. The summed E-state index contributed by atoms with van der Waals surface area (Å²) >= 11 is 0. The van der Waals surface area contributed by atoms with Crippen LogP contribution in [0.4, 0.5) is 4.79 Å². The average molecular weight is 507 g/mol. The molecule has 3 unspecified atom stereocenters. The topological polar surface area (TPSA) is 151 Å². The van der Waals surface area contributed by atoms with Crippen molar-refractivity contribution in [1.29, 1.82) is 0 Å². The van der Waals surface area contributed by atoms with E-state index in [1.807, 2.05) is 13.8 Å². The highest BCUT2D eigenvalue weighted by atomic mass is 16.6. The van der Waals surface area contributed by atoms with Gasteiger partial charge in [0, 0.05) is 17.1 Å². The van der Waals surface area contributed by atoms with Gasteiger partial charge in [-0.05, 0) is 61.0 Å². The molecule has 5 N–H and O–H groups in total. The second-order valence-corrected chi connectivity index (χ2v) is 10.9. The maximum Gasteiger partial charge on any atom is 0.408 e. The molecule has 202 valence electrons. The summed E-state index contributed by atoms with van der Waals surface area (Å²) in [7, 11) is 0. The number of phenolic OH excluding ortho intramolecular Hbond substituents is 1. The minimum atomic E-state index is -1.40. The number of hydrogen-bond donors (Lipinski definition) is 4. The number of amides is 4. The van der Waals surface area contributed by atoms with Crippen molar-refractivity contribution in [3.05, 3.63) is 29.8 Å². The van der Waals surface area contributed by atoms with Gasteiger partial charge < -0.3 is 31.1 Å². The predicted octanol–water partition coefficient (Wildman–Crippen LogP) is 3.13. The number of nitrogens with two attached hydrogens (primary N) is 1. The number of rotatable bonds is 10. The summed E-state index contributed by atoms with van der Waals surface area (Å²) in [6.45, 7) is 14.0. The Morgan fingerprint density at radius 1 is 1.06 bits per heavy atom. The van der Waals surface area contributed by atoms with Gasteiger partial charge in [-0.15, -0.1) is 0 Å². The molecule has 0 saturated heterocycles. The number of para-hydroxylation sites is 1. The first-order valence-electron chi connectivity index (χ1n) is 12.2. The van der Waals surface area contributed by atoms with E-state index in [9.17, 15) is 24.3 Å². The Balaban J connectivity index is 3.60. The Labute approximate surface area is 213 Å². The van der Waals surface area contributed by atoms with Crippen LogP contribution in [-0.2, 0) is 19.1 Å². The highest BCUT2D eigenvalue weighted by molar-refractivity contribution is 5.95. The van der Waals surface area contributed by atoms with E-state index in [2.05, 4.69) is 10.6 Å². The van der Waals surface area contributed by atoms with E-state index in [-0.39, 0.29) is 17.4 Å². The van der Waals surface area contributed by atoms with E-state index < -0.39 is 53.5 Å². The van der Waals surface area contributed by atoms with E-state index in [4.69, 9.17) is 10.5 Å². The van der Waals surface area contributed by atoms with Gasteiger partial charge in [-0.2, -0.15) is 0 Å². The van der Waals surface area contributed by atoms with E-state index in [0.29, 0.717) is 6.42 Å². The molecule has 0 aliphatic rings. The molecule has 0 aliphatic heterocycles. The van der Waals surface area contributed by atoms with Gasteiger partial charge >= 0.3 is 6.09 Å². The summed E-state index contributed by atoms with van der Waals surface area (Å²) in [5, 5.41) is 16.0. The minimum absolute atomic E-state index is 0.172. The second-order valence-electron chi connectivity index (χ2n) is 10.9. The predicted molar refractivity (Wildman–Crippen MR) is 137 cm³/mol. The molecular formula is C26H42N4O6. The molecule has 1 aromatic carbocycles. The number of nitrogens with one attached hydrogen (secondary N) is 2. The number of aromatic hydroxyl groups is 1. The van der Waals surface area contributed by atoms with Crippen LogP contribution in [0.5, 0.6) is 5.75 Å². The SMILES string of the molecule is CCCC(C)NC(=O)C(c1ccccc1O)N(C(=O)C(CC(N)=O)NC(=O)OC(C)(C)C)C(C)(C)C. The van der Waals surface area contributed by atoms with Crippen LogP contribution in [0.3, 0.4) is 0 Å². The third kappa shape index (κ3) is 9.39. The molecule has 1 aromatic rings. The number of benzene rings is 1. The van der Waals surface area contributed by atoms with Crippen LogP contribution in [0.15, 0.2) is 24.3 Å². The Bertz CT molecular complexity index is 935. The largest absolute Gasteiger partial charge is 0.508 e. The lowest BCUT2D eigenvalue weighted by atomic mass is 9.94. The van der Waals surface area contributed by atoms with Crippen molar-refractivity contribution in [2.24, 2.45) is 5.73 Å². The van der Waals surface area contributed by atoms with Crippen molar-refractivity contribution in [1.82, 2.24) is 15.5 Å². The number of carbonyl (C=O) groups is 4. The molecule has 0 aliphatic carbocycles. The van der Waals surface area contributed by atoms with Gasteiger partial charge in [-0.1, -0.05) is 31.5 Å². The van der Waals surface area contributed by atoms with Gasteiger partial charge in [-0.3, -0.25) is 14.4 Å². The number of alkyl carbamates (subject to hydrolysis) is 1. The average Bonchev–Trinajstić information content (AvgIpc) is 2.69. The second kappa shape index (κ2) is 12.6. The molecule has 1 rings (SSSR count). The maximum atomic E-state index is 14.0. The highest BCUT2D eigenvalue weighted by Gasteiger charge is 2.43. The van der Waals surface area contributed by atoms with Crippen LogP contribution in [0.25, 0.3) is 0 Å². The smallest absolute Gasteiger partial charge is 0.408 e. The monoisotopic (exact) mass is 506 g/mol. The molecule has 0 spiro atoms. The Hall–Kier alpha value is -3.30. The van der Waals surface area contributed by atoms with Crippen molar-refractivity contribution in [3.8, 4) is 5.75 Å². The van der Waals surface area contributed by atoms with Crippen LogP contribution >= 0.6 is 0 Å². The first-order chi connectivity index (χ1) is 16.5. The number of ether oxygens (including phenoxy) is 1. The van der Waals surface area contributed by atoms with Gasteiger partial charge in [0.25, 0.3) is 0 Å². The number of nitrogens with zero attached hydrogens (tertiary/aromatic N) is 1. The third-order valence-electron chi connectivity index (χ3n) is 5.20. The molecule has 0 bridgehead atoms. The van der Waals surface area contributed by atoms with Gasteiger partial charge in [0.15, 0.2) is 0 Å². The van der Waals surface area contributed by atoms with Crippen molar-refractivity contribution in [3.63, 3.8) is 0 Å². The van der Waals surface area contributed by atoms with E-state index >= 15 is 0 Å². The van der Waals surface area contributed by atoms with Gasteiger partial charge in [0.2, 0.25) is 17.7 Å². The zero-order valence-corrected chi connectivity index (χ0v) is 22.7. The first-order valence-corrected chi connectivity index (χ1v) is 12.2. The zero-order chi connectivity index (χ0) is 27.8. The number of hydrogen-bond acceptors (Lipinski definition) is 6. The Morgan fingerprint density at radius 3 is 2.11 bits per heavy atom. The van der Waals surface area contributed by atoms with Crippen molar-refractivity contribution in [2.45, 2.75) is 104 Å². The summed E-state index contributed by atoms with van der Waals surface area (Å²) in [6, 6.07) is 3.40. The molecule has 0 saturated carbocycles. The van der Waals surface area contributed by atoms with E-state index in [1.165, 1.54) is 11.0 Å². The molecule has 0 radical (unpaired) electrons. The van der Waals surface area contributed by atoms with Gasteiger partial charge in [-0.25, -0.2) is 4.79 Å². The quantitative estimate of drug-likeness (QED) is 0.383.